The van der Waals surface area contributed by atoms with Crippen molar-refractivity contribution in [2.75, 3.05) is 0 Å². The molecule has 5 heteroatoms. The third-order valence-corrected chi connectivity index (χ3v) is 14.8. The summed E-state index contributed by atoms with van der Waals surface area (Å²) < 4.78 is 9.32. The molecule has 0 bridgehead atoms. The second-order valence-electron chi connectivity index (χ2n) is 9.06. The summed E-state index contributed by atoms with van der Waals surface area (Å²) in [6, 6.07) is 47.4. The zero-order chi connectivity index (χ0) is 25.3. The third kappa shape index (κ3) is 4.05. The van der Waals surface area contributed by atoms with Gasteiger partial charge >= 0.3 is 0 Å². The minimum absolute atomic E-state index is 0.913. The van der Waals surface area contributed by atoms with E-state index in [0.29, 0.717) is 0 Å². The number of aromatic nitrogens is 2. The lowest BCUT2D eigenvalue weighted by molar-refractivity contribution is 1.67. The molecule has 1 aromatic heterocycles. The van der Waals surface area contributed by atoms with E-state index in [9.17, 15) is 0 Å². The van der Waals surface area contributed by atoms with E-state index in [2.05, 4.69) is 142 Å². The average Bonchev–Trinajstić information content (AvgIpc) is 3.45. The summed E-state index contributed by atoms with van der Waals surface area (Å²) >= 11 is 1.26. The Morgan fingerprint density at radius 2 is 0.703 bits per heavy atom. The van der Waals surface area contributed by atoms with Gasteiger partial charge in [-0.05, 0) is 57.7 Å². The number of hydrogen-bond acceptors (Lipinski definition) is 3. The van der Waals surface area contributed by atoms with Crippen molar-refractivity contribution in [2.45, 2.75) is 0 Å². The van der Waals surface area contributed by atoms with Crippen molar-refractivity contribution < 1.29 is 0 Å². The van der Waals surface area contributed by atoms with Crippen LogP contribution in [0.15, 0.2) is 133 Å². The molecule has 0 radical (unpaired) electrons. The van der Waals surface area contributed by atoms with Crippen LogP contribution in [-0.4, -0.2) is 21.3 Å². The van der Waals surface area contributed by atoms with E-state index in [1.807, 2.05) is 0 Å². The highest BCUT2D eigenvalue weighted by Crippen LogP contribution is 2.48. The van der Waals surface area contributed by atoms with Gasteiger partial charge in [-0.15, -0.1) is 0 Å². The van der Waals surface area contributed by atoms with Gasteiger partial charge in [0.25, 0.3) is 0 Å². The average molecular weight is 533 g/mol. The molecule has 0 fully saturated rings. The van der Waals surface area contributed by atoms with Crippen LogP contribution in [0.5, 0.6) is 0 Å². The number of benzene rings is 5. The Kier molecular flexibility index (Phi) is 6.31. The molecule has 5 aromatic carbocycles. The first-order valence-corrected chi connectivity index (χ1v) is 16.8. The summed E-state index contributed by atoms with van der Waals surface area (Å²) in [6.07, 6.45) is 10.2. The van der Waals surface area contributed by atoms with E-state index < -0.39 is 13.8 Å². The molecule has 0 atom stereocenters. The van der Waals surface area contributed by atoms with Gasteiger partial charge in [-0.3, -0.25) is 0 Å². The van der Waals surface area contributed by atoms with E-state index in [0.717, 1.165) is 11.0 Å². The van der Waals surface area contributed by atoms with Crippen LogP contribution in [0.4, 0.5) is 0 Å². The van der Waals surface area contributed by atoms with Crippen molar-refractivity contribution in [3.8, 4) is 0 Å². The highest BCUT2D eigenvalue weighted by molar-refractivity contribution is 7.98. The molecule has 0 N–H and O–H groups in total. The highest BCUT2D eigenvalue weighted by atomic mass is 32.1. The Morgan fingerprint density at radius 1 is 0.432 bits per heavy atom. The largest absolute Gasteiger partial charge is 0.173 e. The summed E-state index contributed by atoms with van der Waals surface area (Å²) in [5, 5.41) is 7.38. The fraction of sp³-hybridized carbons (Fsp3) is 0. The van der Waals surface area contributed by atoms with Crippen LogP contribution in [0.2, 0.25) is 0 Å². The molecule has 0 saturated carbocycles. The predicted molar refractivity (Wildman–Crippen MR) is 169 cm³/mol. The lowest BCUT2D eigenvalue weighted by atomic mass is 10.3. The van der Waals surface area contributed by atoms with Crippen molar-refractivity contribution in [2.24, 2.45) is 0 Å². The van der Waals surface area contributed by atoms with Crippen LogP contribution < -0.4 is 31.8 Å². The molecule has 0 aliphatic heterocycles. The number of nitrogens with zero attached hydrogens (tertiary/aromatic N) is 2. The molecule has 0 amide bonds. The second-order valence-corrected chi connectivity index (χ2v) is 15.9. The van der Waals surface area contributed by atoms with Crippen LogP contribution in [0, 0.1) is 0 Å². The van der Waals surface area contributed by atoms with Gasteiger partial charge in [-0.2, -0.15) is 8.75 Å². The molecule has 1 heterocycles. The zero-order valence-electron chi connectivity index (χ0n) is 20.3. The Balaban J connectivity index is 1.77. The van der Waals surface area contributed by atoms with Gasteiger partial charge in [0.05, 0.1) is 11.7 Å². The quantitative estimate of drug-likeness (QED) is 0.278. The summed E-state index contributed by atoms with van der Waals surface area (Å²) in [7, 11) is 0. The van der Waals surface area contributed by atoms with Gasteiger partial charge in [-0.1, -0.05) is 134 Å². The minimum atomic E-state index is -2.31. The third-order valence-electron chi connectivity index (χ3n) is 6.96. The molecular formula is C32H26N2P2S. The molecule has 0 unspecified atom stereocenters. The second kappa shape index (κ2) is 9.77. The van der Waals surface area contributed by atoms with Crippen molar-refractivity contribution >= 4 is 81.0 Å². The van der Waals surface area contributed by atoms with Gasteiger partial charge in [0.15, 0.2) is 0 Å². The highest BCUT2D eigenvalue weighted by Gasteiger charge is 2.32. The summed E-state index contributed by atoms with van der Waals surface area (Å²) in [5.41, 5.74) is 1.83. The molecule has 2 nitrogen and oxygen atoms in total. The normalized spacial score (nSPS) is 12.0. The molecule has 0 aliphatic carbocycles. The van der Waals surface area contributed by atoms with Crippen LogP contribution >= 0.6 is 25.5 Å². The van der Waals surface area contributed by atoms with Crippen LogP contribution in [-0.2, 0) is 0 Å². The molecule has 37 heavy (non-hydrogen) atoms. The fourth-order valence-corrected chi connectivity index (χ4v) is 12.6. The van der Waals surface area contributed by atoms with Gasteiger partial charge in [0.1, 0.15) is 11.0 Å². The minimum Gasteiger partial charge on any atom is -0.173 e. The lowest BCUT2D eigenvalue weighted by Gasteiger charge is -2.34. The monoisotopic (exact) mass is 532 g/mol. The van der Waals surface area contributed by atoms with Crippen LogP contribution in [0.3, 0.4) is 0 Å². The molecular weight excluding hydrogens is 506 g/mol. The first-order chi connectivity index (χ1) is 18.1. The Hall–Kier alpha value is -3.48. The Labute approximate surface area is 222 Å². The molecule has 180 valence electrons. The molecule has 6 aromatic rings. The Bertz CT molecular complexity index is 1550. The van der Waals surface area contributed by atoms with E-state index in [1.54, 1.807) is 0 Å². The number of fused-ring (bicyclic) bond motifs is 1. The van der Waals surface area contributed by atoms with E-state index in [1.165, 1.54) is 43.6 Å². The van der Waals surface area contributed by atoms with E-state index in [-0.39, 0.29) is 0 Å². The maximum Gasteiger partial charge on any atom is 0.105 e. The zero-order valence-corrected chi connectivity index (χ0v) is 22.9. The topological polar surface area (TPSA) is 25.8 Å². The van der Waals surface area contributed by atoms with Crippen LogP contribution in [0.1, 0.15) is 0 Å². The van der Waals surface area contributed by atoms with Crippen molar-refractivity contribution in [3.05, 3.63) is 133 Å². The van der Waals surface area contributed by atoms with Crippen LogP contribution in [0.25, 0.3) is 11.0 Å². The smallest absolute Gasteiger partial charge is 0.105 e. The van der Waals surface area contributed by atoms with E-state index >= 15 is 0 Å². The Morgan fingerprint density at radius 3 is 0.973 bits per heavy atom. The summed E-state index contributed by atoms with van der Waals surface area (Å²) in [6.45, 7) is -4.61. The van der Waals surface area contributed by atoms with Crippen molar-refractivity contribution in [1.82, 2.24) is 8.75 Å². The lowest BCUT2D eigenvalue weighted by Crippen LogP contribution is -2.39. The first-order valence-electron chi connectivity index (χ1n) is 12.1. The van der Waals surface area contributed by atoms with Crippen molar-refractivity contribution in [1.29, 1.82) is 0 Å². The first kappa shape index (κ1) is 23.9. The van der Waals surface area contributed by atoms with Gasteiger partial charge in [0, 0.05) is 0 Å². The molecule has 0 aliphatic rings. The summed E-state index contributed by atoms with van der Waals surface area (Å²) in [4.78, 5) is 0. The van der Waals surface area contributed by atoms with Crippen molar-refractivity contribution in [3.63, 3.8) is 0 Å². The predicted octanol–water partition coefficient (Wildman–Crippen LogP) is 5.14. The number of hydrogen-bond donors (Lipinski definition) is 0. The maximum absolute atomic E-state index is 5.09. The van der Waals surface area contributed by atoms with Gasteiger partial charge in [-0.25, -0.2) is 0 Å². The SMILES string of the molecule is C=P(c1ccccc1)(c1ccccc1)c1cc2nsnc2cc1P(=C)(c1ccccc1)c1ccccc1. The van der Waals surface area contributed by atoms with Gasteiger partial charge in [0.2, 0.25) is 0 Å². The number of rotatable bonds is 6. The standard InChI is InChI=1S/C32H26N2P2S/c1-35(25-15-7-3-8-16-25,26-17-9-4-10-18-26)31-23-29-30(34-37-33-29)24-32(31)36(2,27-19-11-5-12-20-27)28-21-13-6-14-22-28/h3-24H,1-2H2. The van der Waals surface area contributed by atoms with Gasteiger partial charge < -0.3 is 0 Å². The molecule has 6 rings (SSSR count). The molecule has 0 saturated heterocycles. The molecule has 0 spiro atoms. The fourth-order valence-electron chi connectivity index (χ4n) is 5.01. The van der Waals surface area contributed by atoms with E-state index in [4.69, 9.17) is 12.6 Å². The maximum atomic E-state index is 5.09. The summed E-state index contributed by atoms with van der Waals surface area (Å²) in [5.74, 6) is 0.